The molecule has 1 atom stereocenters. The lowest BCUT2D eigenvalue weighted by atomic mass is 9.81. The molecule has 0 saturated heterocycles. The number of hydrogen-bond donors (Lipinski definition) is 3. The summed E-state index contributed by atoms with van der Waals surface area (Å²) in [7, 11) is 0. The fourth-order valence-corrected chi connectivity index (χ4v) is 4.34. The Morgan fingerprint density at radius 1 is 1.48 bits per heavy atom. The van der Waals surface area contributed by atoms with Crippen molar-refractivity contribution in [3.8, 4) is 0 Å². The minimum Gasteiger partial charge on any atom is -0.369 e. The number of nitrogens with zero attached hydrogens (tertiary/aromatic N) is 2. The molecule has 0 spiro atoms. The summed E-state index contributed by atoms with van der Waals surface area (Å²) in [6.45, 7) is 2.06. The van der Waals surface area contributed by atoms with Crippen LogP contribution in [0.5, 0.6) is 0 Å². The van der Waals surface area contributed by atoms with Gasteiger partial charge in [0.05, 0.1) is 15.2 Å². The number of nitrogens with one attached hydrogen (secondary N) is 2. The summed E-state index contributed by atoms with van der Waals surface area (Å²) < 4.78 is 1.16. The molecule has 0 amide bonds. The molecule has 1 aliphatic rings. The number of aryl methyl sites for hydroxylation is 1. The molecule has 0 bridgehead atoms. The predicted molar refractivity (Wildman–Crippen MR) is 101 cm³/mol. The Hall–Kier alpha value is -1.44. The molecule has 23 heavy (non-hydrogen) atoms. The number of pyridine rings is 1. The second-order valence-corrected chi connectivity index (χ2v) is 7.52. The summed E-state index contributed by atoms with van der Waals surface area (Å²) in [4.78, 5) is 4.54. The molecule has 0 radical (unpaired) electrons. The van der Waals surface area contributed by atoms with Gasteiger partial charge in [-0.25, -0.2) is 5.43 Å². The Morgan fingerprint density at radius 2 is 2.26 bits per heavy atom. The van der Waals surface area contributed by atoms with E-state index in [4.69, 9.17) is 11.1 Å². The molecule has 0 fully saturated rings. The number of thiophene rings is 1. The maximum absolute atomic E-state index is 7.31. The number of guanidine groups is 1. The van der Waals surface area contributed by atoms with Crippen molar-refractivity contribution in [2.75, 3.05) is 0 Å². The Bertz CT molecular complexity index is 758. The maximum atomic E-state index is 7.31. The average molecular weight is 415 g/mol. The summed E-state index contributed by atoms with van der Waals surface area (Å²) in [5.41, 5.74) is 13.4. The van der Waals surface area contributed by atoms with Crippen molar-refractivity contribution in [2.45, 2.75) is 25.7 Å². The van der Waals surface area contributed by atoms with Crippen molar-refractivity contribution in [1.82, 2.24) is 10.4 Å². The zero-order valence-electron chi connectivity index (χ0n) is 12.5. The zero-order chi connectivity index (χ0) is 15.7. The van der Waals surface area contributed by atoms with E-state index in [0.717, 1.165) is 39.2 Å². The van der Waals surface area contributed by atoms with E-state index in [-0.39, 0.29) is 18.4 Å². The third kappa shape index (κ3) is 3.73. The highest BCUT2D eigenvalue weighted by molar-refractivity contribution is 9.11. The van der Waals surface area contributed by atoms with Gasteiger partial charge in [0.25, 0.3) is 0 Å². The number of fused-ring (bicyclic) bond motifs is 1. The molecule has 4 N–H and O–H groups in total. The van der Waals surface area contributed by atoms with Crippen LogP contribution in [0.2, 0.25) is 0 Å². The lowest BCUT2D eigenvalue weighted by Gasteiger charge is -2.26. The van der Waals surface area contributed by atoms with Gasteiger partial charge in [0.2, 0.25) is 5.96 Å². The van der Waals surface area contributed by atoms with Crippen LogP contribution in [0.3, 0.4) is 0 Å². The van der Waals surface area contributed by atoms with Crippen molar-refractivity contribution in [3.63, 3.8) is 0 Å². The second-order valence-electron chi connectivity index (χ2n) is 5.29. The monoisotopic (exact) mass is 413 g/mol. The Morgan fingerprint density at radius 3 is 2.91 bits per heavy atom. The molecule has 2 aromatic heterocycles. The highest BCUT2D eigenvalue weighted by Gasteiger charge is 2.28. The molecule has 0 aromatic carbocycles. The molecule has 1 aliphatic carbocycles. The zero-order valence-corrected chi connectivity index (χ0v) is 15.7. The van der Waals surface area contributed by atoms with Crippen molar-refractivity contribution in [3.05, 3.63) is 49.9 Å². The highest BCUT2D eigenvalue weighted by atomic mass is 79.9. The van der Waals surface area contributed by atoms with Gasteiger partial charge in [-0.2, -0.15) is 5.10 Å². The van der Waals surface area contributed by atoms with Crippen LogP contribution in [-0.2, 0) is 6.42 Å². The van der Waals surface area contributed by atoms with Gasteiger partial charge in [-0.05, 0) is 70.3 Å². The fraction of sp³-hybridized carbons (Fsp3) is 0.267. The number of hydrogen-bond acceptors (Lipinski definition) is 4. The third-order valence-electron chi connectivity index (χ3n) is 3.80. The lowest BCUT2D eigenvalue weighted by Crippen LogP contribution is -2.29. The molecular formula is C15H17BrClN5S. The Labute approximate surface area is 153 Å². The number of hydrazone groups is 1. The number of rotatable bonds is 2. The first-order valence-electron chi connectivity index (χ1n) is 6.90. The molecule has 0 saturated carbocycles. The first-order chi connectivity index (χ1) is 10.6. The summed E-state index contributed by atoms with van der Waals surface area (Å²) >= 11 is 5.32. The molecule has 122 valence electrons. The summed E-state index contributed by atoms with van der Waals surface area (Å²) in [5, 5.41) is 13.7. The van der Waals surface area contributed by atoms with E-state index in [1.54, 1.807) is 11.3 Å². The fourth-order valence-electron chi connectivity index (χ4n) is 2.85. The van der Waals surface area contributed by atoms with Crippen LogP contribution in [0.25, 0.3) is 0 Å². The molecule has 1 unspecified atom stereocenters. The normalized spacial score (nSPS) is 18.2. The Balaban J connectivity index is 0.00000192. The lowest BCUT2D eigenvalue weighted by molar-refractivity contribution is 0.675. The standard InChI is InChI=1S/C15H16BrN5S.ClH/c1-8-2-4-19-11-6-9(10-3-5-22-14(10)16)7-12(13(8)11)20-21-15(17)18;/h2-5,9H,6-7H2,1H3,(H4,17,18,21);1H. The van der Waals surface area contributed by atoms with Gasteiger partial charge in [-0.3, -0.25) is 10.4 Å². The van der Waals surface area contributed by atoms with E-state index in [9.17, 15) is 0 Å². The van der Waals surface area contributed by atoms with E-state index in [0.29, 0.717) is 5.92 Å². The first-order valence-corrected chi connectivity index (χ1v) is 8.58. The van der Waals surface area contributed by atoms with Crippen molar-refractivity contribution < 1.29 is 0 Å². The van der Waals surface area contributed by atoms with Crippen molar-refractivity contribution >= 4 is 51.3 Å². The summed E-state index contributed by atoms with van der Waals surface area (Å²) in [6.07, 6.45) is 3.54. The quantitative estimate of drug-likeness (QED) is 0.399. The molecule has 2 heterocycles. The molecule has 0 aliphatic heterocycles. The smallest absolute Gasteiger partial charge is 0.206 e. The Kier molecular flexibility index (Phi) is 5.78. The minimum atomic E-state index is -0.158. The SMILES string of the molecule is Cc1ccnc2c1C(=NNC(=N)N)CC(c1ccsc1Br)C2.Cl. The van der Waals surface area contributed by atoms with Crippen LogP contribution in [0.1, 0.15) is 34.7 Å². The van der Waals surface area contributed by atoms with E-state index in [1.165, 1.54) is 5.56 Å². The van der Waals surface area contributed by atoms with Gasteiger partial charge < -0.3 is 5.73 Å². The molecule has 2 aromatic rings. The van der Waals surface area contributed by atoms with Gasteiger partial charge in [0.1, 0.15) is 0 Å². The van der Waals surface area contributed by atoms with E-state index in [1.807, 2.05) is 12.3 Å². The number of halogens is 2. The maximum Gasteiger partial charge on any atom is 0.206 e. The first kappa shape index (κ1) is 17.9. The van der Waals surface area contributed by atoms with Gasteiger partial charge in [0.15, 0.2) is 0 Å². The minimum absolute atomic E-state index is 0. The van der Waals surface area contributed by atoms with Gasteiger partial charge in [0, 0.05) is 11.8 Å². The van der Waals surface area contributed by atoms with Crippen LogP contribution >= 0.6 is 39.7 Å². The predicted octanol–water partition coefficient (Wildman–Crippen LogP) is 3.55. The highest BCUT2D eigenvalue weighted by Crippen LogP contribution is 2.38. The molecule has 3 rings (SSSR count). The number of aromatic nitrogens is 1. The van der Waals surface area contributed by atoms with Crippen molar-refractivity contribution in [1.29, 1.82) is 5.41 Å². The third-order valence-corrected chi connectivity index (χ3v) is 5.54. The summed E-state index contributed by atoms with van der Waals surface area (Å²) in [5.74, 6) is 0.171. The molecule has 5 nitrogen and oxygen atoms in total. The summed E-state index contributed by atoms with van der Waals surface area (Å²) in [6, 6.07) is 4.14. The van der Waals surface area contributed by atoms with Crippen LogP contribution in [0, 0.1) is 12.3 Å². The van der Waals surface area contributed by atoms with Crippen LogP contribution in [0.4, 0.5) is 0 Å². The largest absolute Gasteiger partial charge is 0.369 e. The average Bonchev–Trinajstić information content (AvgIpc) is 2.90. The topological polar surface area (TPSA) is 87.2 Å². The van der Waals surface area contributed by atoms with Crippen LogP contribution in [0.15, 0.2) is 32.6 Å². The van der Waals surface area contributed by atoms with Gasteiger partial charge in [-0.15, -0.1) is 23.7 Å². The van der Waals surface area contributed by atoms with E-state index in [2.05, 4.69) is 49.8 Å². The molecule has 8 heteroatoms. The van der Waals surface area contributed by atoms with E-state index >= 15 is 0 Å². The van der Waals surface area contributed by atoms with Crippen LogP contribution in [-0.4, -0.2) is 16.7 Å². The van der Waals surface area contributed by atoms with E-state index < -0.39 is 0 Å². The van der Waals surface area contributed by atoms with Gasteiger partial charge >= 0.3 is 0 Å². The number of nitrogens with two attached hydrogens (primary N) is 1. The van der Waals surface area contributed by atoms with Gasteiger partial charge in [-0.1, -0.05) is 0 Å². The van der Waals surface area contributed by atoms with Crippen molar-refractivity contribution in [2.24, 2.45) is 10.8 Å². The molecular weight excluding hydrogens is 398 g/mol. The second kappa shape index (κ2) is 7.42. The van der Waals surface area contributed by atoms with Crippen LogP contribution < -0.4 is 11.2 Å².